The molecule has 10 nitrogen and oxygen atoms in total. The SMILES string of the molecule is CC1(C)c2ccccc2-n2c3c1cccc3c1ccc3c(c4ccccc4n3-c3ccc(-c4nc(-c5ccccc5)nc(-c5ccccc5)n4)cc3)c12.CC1(C)c2ccccc2-n2c3cc4c5ccccc5n(-c5nc(-c6ccccc6)nc(-c6ccccc6)n5)c4cc3c3cccc1c32. The van der Waals surface area contributed by atoms with Gasteiger partial charge in [0.15, 0.2) is 29.1 Å². The van der Waals surface area contributed by atoms with Crippen molar-refractivity contribution in [1.29, 1.82) is 0 Å². The highest BCUT2D eigenvalue weighted by atomic mass is 15.2. The van der Waals surface area contributed by atoms with E-state index in [1.807, 2.05) is 97.1 Å². The van der Waals surface area contributed by atoms with Gasteiger partial charge in [-0.25, -0.2) is 19.9 Å². The lowest BCUT2D eigenvalue weighted by atomic mass is 9.75. The molecule has 10 heteroatoms. The average Bonchev–Trinajstić information content (AvgIpc) is 1.52. The lowest BCUT2D eigenvalue weighted by Crippen LogP contribution is -2.26. The minimum absolute atomic E-state index is 0.114. The molecular weight excluding hydrogens is 1220 g/mol. The molecule has 0 fully saturated rings. The van der Waals surface area contributed by atoms with Gasteiger partial charge in [0.1, 0.15) is 0 Å². The van der Waals surface area contributed by atoms with E-state index in [2.05, 4.69) is 252 Å². The third-order valence-corrected chi connectivity index (χ3v) is 21.1. The van der Waals surface area contributed by atoms with Crippen LogP contribution in [-0.4, -0.2) is 48.2 Å². The number of para-hydroxylation sites is 6. The topological polar surface area (TPSA) is 97.1 Å². The number of rotatable bonds is 7. The smallest absolute Gasteiger partial charge is 0.238 e. The van der Waals surface area contributed by atoms with Gasteiger partial charge in [-0.1, -0.05) is 264 Å². The molecule has 472 valence electrons. The van der Waals surface area contributed by atoms with Gasteiger partial charge in [0.25, 0.3) is 0 Å². The number of benzene rings is 13. The van der Waals surface area contributed by atoms with Crippen molar-refractivity contribution in [1.82, 2.24) is 48.2 Å². The molecule has 8 heterocycles. The Bertz CT molecular complexity index is 6440. The van der Waals surface area contributed by atoms with Gasteiger partial charge in [-0.15, -0.1) is 0 Å². The summed E-state index contributed by atoms with van der Waals surface area (Å²) in [5.41, 5.74) is 23.0. The van der Waals surface area contributed by atoms with Crippen LogP contribution in [0.25, 0.3) is 167 Å². The van der Waals surface area contributed by atoms with Gasteiger partial charge in [-0.3, -0.25) is 4.57 Å². The van der Waals surface area contributed by atoms with Crippen molar-refractivity contribution in [2.24, 2.45) is 0 Å². The molecular formula is C90H62N10. The molecule has 0 radical (unpaired) electrons. The third-order valence-electron chi connectivity index (χ3n) is 21.1. The Labute approximate surface area is 576 Å². The van der Waals surface area contributed by atoms with Crippen LogP contribution < -0.4 is 0 Å². The van der Waals surface area contributed by atoms with Gasteiger partial charge in [-0.2, -0.15) is 9.97 Å². The molecule has 13 aromatic carbocycles. The Balaban J connectivity index is 0.000000136. The largest absolute Gasteiger partial charge is 0.309 e. The van der Waals surface area contributed by atoms with Crippen LogP contribution in [0, 0.1) is 0 Å². The third kappa shape index (κ3) is 8.50. The highest BCUT2D eigenvalue weighted by Crippen LogP contribution is 2.52. The van der Waals surface area contributed by atoms with Crippen LogP contribution in [0.1, 0.15) is 49.9 Å². The number of hydrogen-bond acceptors (Lipinski definition) is 6. The highest BCUT2D eigenvalue weighted by Gasteiger charge is 2.37. The Kier molecular flexibility index (Phi) is 12.5. The number of hydrogen-bond donors (Lipinski definition) is 0. The van der Waals surface area contributed by atoms with E-state index in [1.165, 1.54) is 104 Å². The highest BCUT2D eigenvalue weighted by molar-refractivity contribution is 6.27. The zero-order valence-corrected chi connectivity index (χ0v) is 55.3. The van der Waals surface area contributed by atoms with Gasteiger partial charge in [0.2, 0.25) is 5.95 Å². The maximum atomic E-state index is 5.14. The van der Waals surface area contributed by atoms with E-state index < -0.39 is 0 Å². The lowest BCUT2D eigenvalue weighted by Gasteiger charge is -2.34. The molecule has 0 saturated heterocycles. The van der Waals surface area contributed by atoms with Crippen LogP contribution in [-0.2, 0) is 10.8 Å². The van der Waals surface area contributed by atoms with Crippen LogP contribution in [0.2, 0.25) is 0 Å². The molecule has 0 unspecified atom stereocenters. The van der Waals surface area contributed by atoms with Gasteiger partial charge < -0.3 is 13.7 Å². The summed E-state index contributed by atoms with van der Waals surface area (Å²) in [4.78, 5) is 30.1. The summed E-state index contributed by atoms with van der Waals surface area (Å²) < 4.78 is 9.64. The number of nitrogens with zero attached hydrogens (tertiary/aromatic N) is 10. The molecule has 0 saturated carbocycles. The summed E-state index contributed by atoms with van der Waals surface area (Å²) in [5.74, 6) is 3.84. The van der Waals surface area contributed by atoms with Crippen molar-refractivity contribution >= 4 is 87.2 Å². The summed E-state index contributed by atoms with van der Waals surface area (Å²) in [7, 11) is 0. The monoisotopic (exact) mass is 1280 g/mol. The van der Waals surface area contributed by atoms with Gasteiger partial charge in [0, 0.05) is 87.4 Å². The molecule has 100 heavy (non-hydrogen) atoms. The fraction of sp³-hybridized carbons (Fsp3) is 0.0667. The van der Waals surface area contributed by atoms with Crippen molar-refractivity contribution in [3.63, 3.8) is 0 Å². The first-order chi connectivity index (χ1) is 49.1. The first-order valence-corrected chi connectivity index (χ1v) is 34.2. The molecule has 2 aliphatic heterocycles. The first-order valence-electron chi connectivity index (χ1n) is 34.2. The lowest BCUT2D eigenvalue weighted by molar-refractivity contribution is 0.630. The first kappa shape index (κ1) is 57.3. The van der Waals surface area contributed by atoms with Crippen molar-refractivity contribution in [2.45, 2.75) is 38.5 Å². The van der Waals surface area contributed by atoms with E-state index in [9.17, 15) is 0 Å². The molecule has 2 aliphatic rings. The maximum absolute atomic E-state index is 5.14. The predicted octanol–water partition coefficient (Wildman–Crippen LogP) is 21.7. The Morgan fingerprint density at radius 3 is 1.13 bits per heavy atom. The maximum Gasteiger partial charge on any atom is 0.238 e. The number of fused-ring (bicyclic) bond motifs is 17. The molecule has 19 aromatic rings. The molecule has 0 bridgehead atoms. The molecule has 21 rings (SSSR count). The second kappa shape index (κ2) is 21.8. The van der Waals surface area contributed by atoms with Crippen LogP contribution in [0.4, 0.5) is 0 Å². The minimum atomic E-state index is -0.117. The molecule has 0 amide bonds. The molecule has 0 atom stereocenters. The van der Waals surface area contributed by atoms with Gasteiger partial charge in [-0.05, 0) is 89.0 Å². The summed E-state index contributed by atoms with van der Waals surface area (Å²) in [6.45, 7) is 9.40. The van der Waals surface area contributed by atoms with Crippen LogP contribution >= 0.6 is 0 Å². The normalized spacial score (nSPS) is 13.4. The standard InChI is InChI=1S/C48H33N5.C42H29N5/c1-48(2)37-20-10-12-23-40(37)53-43-34(19-13-21-38(43)48)35-28-29-41-42(44(35)53)36-18-9-11-22-39(36)52(41)33-26-24-32(25-27-33)47-50-45(30-14-5-3-6-15-30)49-46(51-47)31-16-7-4-8-17-31;1-42(2)32-20-10-12-23-35(32)46-36-24-30-28-18-9-11-22-34(28)47(37(30)25-31(36)29-19-13-21-33(42)38(29)46)41-44-39(26-14-5-3-6-15-26)43-40(45-41)27-16-7-4-8-17-27/h3-29H,1-2H3;3-25H,1-2H3. The zero-order chi connectivity index (χ0) is 66.5. The second-order valence-corrected chi connectivity index (χ2v) is 27.4. The predicted molar refractivity (Wildman–Crippen MR) is 408 cm³/mol. The fourth-order valence-corrected chi connectivity index (χ4v) is 16.4. The zero-order valence-electron chi connectivity index (χ0n) is 55.3. The Morgan fingerprint density at radius 1 is 0.230 bits per heavy atom. The van der Waals surface area contributed by atoms with Crippen LogP contribution in [0.5, 0.6) is 0 Å². The minimum Gasteiger partial charge on any atom is -0.309 e. The van der Waals surface area contributed by atoms with Crippen LogP contribution in [0.3, 0.4) is 0 Å². The summed E-state index contributed by atoms with van der Waals surface area (Å²) in [6.07, 6.45) is 0. The van der Waals surface area contributed by atoms with E-state index in [0.717, 1.165) is 49.9 Å². The van der Waals surface area contributed by atoms with Crippen molar-refractivity contribution in [2.75, 3.05) is 0 Å². The molecule has 6 aromatic heterocycles. The van der Waals surface area contributed by atoms with Crippen molar-refractivity contribution in [3.05, 3.63) is 326 Å². The Hall–Kier alpha value is -12.9. The summed E-state index contributed by atoms with van der Waals surface area (Å²) >= 11 is 0. The summed E-state index contributed by atoms with van der Waals surface area (Å²) in [6, 6.07) is 107. The van der Waals surface area contributed by atoms with Crippen LogP contribution in [0.15, 0.2) is 303 Å². The molecule has 0 spiro atoms. The van der Waals surface area contributed by atoms with Gasteiger partial charge in [0.05, 0.1) is 55.5 Å². The molecule has 0 aliphatic carbocycles. The molecule has 0 N–H and O–H groups in total. The quantitative estimate of drug-likeness (QED) is 0.158. The van der Waals surface area contributed by atoms with Crippen molar-refractivity contribution in [3.8, 4) is 79.9 Å². The average molecular weight is 1280 g/mol. The van der Waals surface area contributed by atoms with E-state index in [0.29, 0.717) is 35.1 Å². The van der Waals surface area contributed by atoms with Gasteiger partial charge >= 0.3 is 0 Å². The van der Waals surface area contributed by atoms with E-state index in [1.54, 1.807) is 0 Å². The van der Waals surface area contributed by atoms with E-state index in [4.69, 9.17) is 29.9 Å². The summed E-state index contributed by atoms with van der Waals surface area (Å²) in [5, 5.41) is 9.86. The van der Waals surface area contributed by atoms with E-state index >= 15 is 0 Å². The van der Waals surface area contributed by atoms with E-state index in [-0.39, 0.29) is 10.8 Å². The van der Waals surface area contributed by atoms with Crippen molar-refractivity contribution < 1.29 is 0 Å². The fourth-order valence-electron chi connectivity index (χ4n) is 16.4. The second-order valence-electron chi connectivity index (χ2n) is 27.4. The Morgan fingerprint density at radius 2 is 0.600 bits per heavy atom. The number of aromatic nitrogens is 10.